The van der Waals surface area contributed by atoms with Crippen molar-refractivity contribution in [1.82, 2.24) is 15.2 Å². The van der Waals surface area contributed by atoms with Gasteiger partial charge >= 0.3 is 0 Å². The van der Waals surface area contributed by atoms with Gasteiger partial charge in [-0.1, -0.05) is 18.2 Å². The Kier molecular flexibility index (Phi) is 6.31. The normalized spacial score (nSPS) is 10.1. The molecule has 0 unspecified atom stereocenters. The van der Waals surface area contributed by atoms with Gasteiger partial charge in [0.15, 0.2) is 0 Å². The molecule has 1 aromatic heterocycles. The lowest BCUT2D eigenvalue weighted by Crippen LogP contribution is -2.40. The van der Waals surface area contributed by atoms with E-state index in [1.807, 2.05) is 44.2 Å². The number of para-hydroxylation sites is 1. The molecule has 0 saturated carbocycles. The van der Waals surface area contributed by atoms with Crippen LogP contribution in [0.3, 0.4) is 0 Å². The summed E-state index contributed by atoms with van der Waals surface area (Å²) in [6.07, 6.45) is 1.52. The molecule has 0 bridgehead atoms. The van der Waals surface area contributed by atoms with Crippen molar-refractivity contribution in [1.29, 1.82) is 0 Å². The molecule has 1 aromatic carbocycles. The van der Waals surface area contributed by atoms with E-state index in [1.54, 1.807) is 12.1 Å². The maximum atomic E-state index is 12.6. The highest BCUT2D eigenvalue weighted by atomic mass is 16.5. The van der Waals surface area contributed by atoms with Gasteiger partial charge in [0, 0.05) is 30.9 Å². The number of likely N-dealkylation sites (N-methyl/N-ethyl adjacent to an activating group) is 2. The lowest BCUT2D eigenvalue weighted by atomic mass is 10.2. The van der Waals surface area contributed by atoms with E-state index in [0.717, 1.165) is 0 Å². The second-order valence-electron chi connectivity index (χ2n) is 5.07. The molecule has 2 aromatic rings. The van der Waals surface area contributed by atoms with Crippen LogP contribution < -0.4 is 10.1 Å². The zero-order valence-electron chi connectivity index (χ0n) is 13.9. The SMILES string of the molecule is CCNC(=O)CN(CC)C(=O)c1ccnc(Oc2ccccc2)c1. The Morgan fingerprint density at radius 3 is 2.58 bits per heavy atom. The standard InChI is InChI=1S/C18H21N3O3/c1-3-19-16(22)13-21(4-2)18(23)14-10-11-20-17(12-14)24-15-8-6-5-7-9-15/h5-12H,3-4,13H2,1-2H3,(H,19,22). The fourth-order valence-electron chi connectivity index (χ4n) is 2.14. The van der Waals surface area contributed by atoms with Crippen molar-refractivity contribution in [3.63, 3.8) is 0 Å². The summed E-state index contributed by atoms with van der Waals surface area (Å²) in [5, 5.41) is 2.69. The molecule has 0 saturated heterocycles. The molecule has 0 spiro atoms. The number of rotatable bonds is 7. The maximum absolute atomic E-state index is 12.6. The number of carbonyl (C=O) groups excluding carboxylic acids is 2. The van der Waals surface area contributed by atoms with E-state index in [4.69, 9.17) is 4.74 Å². The quantitative estimate of drug-likeness (QED) is 0.848. The zero-order chi connectivity index (χ0) is 17.4. The van der Waals surface area contributed by atoms with Crippen molar-refractivity contribution >= 4 is 11.8 Å². The number of ether oxygens (including phenoxy) is 1. The van der Waals surface area contributed by atoms with Gasteiger partial charge < -0.3 is 15.0 Å². The topological polar surface area (TPSA) is 71.5 Å². The van der Waals surface area contributed by atoms with Crippen molar-refractivity contribution in [2.45, 2.75) is 13.8 Å². The molecule has 0 radical (unpaired) electrons. The van der Waals surface area contributed by atoms with E-state index >= 15 is 0 Å². The molecular weight excluding hydrogens is 306 g/mol. The summed E-state index contributed by atoms with van der Waals surface area (Å²) in [5.74, 6) is 0.567. The summed E-state index contributed by atoms with van der Waals surface area (Å²) in [5.41, 5.74) is 0.432. The van der Waals surface area contributed by atoms with E-state index in [9.17, 15) is 9.59 Å². The van der Waals surface area contributed by atoms with Crippen LogP contribution in [0.25, 0.3) is 0 Å². The number of pyridine rings is 1. The molecule has 2 amide bonds. The number of hydrogen-bond acceptors (Lipinski definition) is 4. The first kappa shape index (κ1) is 17.5. The van der Waals surface area contributed by atoms with Crippen LogP contribution in [-0.2, 0) is 4.79 Å². The van der Waals surface area contributed by atoms with Crippen molar-refractivity contribution < 1.29 is 14.3 Å². The fourth-order valence-corrected chi connectivity index (χ4v) is 2.14. The highest BCUT2D eigenvalue weighted by Gasteiger charge is 2.18. The number of hydrogen-bond donors (Lipinski definition) is 1. The Hall–Kier alpha value is -2.89. The monoisotopic (exact) mass is 327 g/mol. The molecule has 126 valence electrons. The van der Waals surface area contributed by atoms with E-state index < -0.39 is 0 Å². The minimum atomic E-state index is -0.232. The number of aromatic nitrogens is 1. The Balaban J connectivity index is 2.11. The van der Waals surface area contributed by atoms with Crippen LogP contribution in [0.15, 0.2) is 48.7 Å². The first-order chi connectivity index (χ1) is 11.6. The second-order valence-corrected chi connectivity index (χ2v) is 5.07. The summed E-state index contributed by atoms with van der Waals surface area (Å²) in [6, 6.07) is 12.4. The van der Waals surface area contributed by atoms with Crippen molar-refractivity contribution in [2.24, 2.45) is 0 Å². The molecule has 0 aliphatic rings. The van der Waals surface area contributed by atoms with Gasteiger partial charge in [-0.25, -0.2) is 4.98 Å². The summed E-state index contributed by atoms with van der Waals surface area (Å²) in [4.78, 5) is 29.9. The summed E-state index contributed by atoms with van der Waals surface area (Å²) < 4.78 is 5.64. The minimum absolute atomic E-state index is 0.0281. The lowest BCUT2D eigenvalue weighted by molar-refractivity contribution is -0.121. The third-order valence-corrected chi connectivity index (χ3v) is 3.32. The number of amides is 2. The molecule has 1 N–H and O–H groups in total. The average Bonchev–Trinajstić information content (AvgIpc) is 2.60. The molecule has 1 heterocycles. The van der Waals surface area contributed by atoms with E-state index in [2.05, 4.69) is 10.3 Å². The van der Waals surface area contributed by atoms with Gasteiger partial charge in [-0.15, -0.1) is 0 Å². The number of nitrogens with zero attached hydrogens (tertiary/aromatic N) is 2. The molecule has 0 aliphatic carbocycles. The van der Waals surface area contributed by atoms with Crippen molar-refractivity contribution in [3.8, 4) is 11.6 Å². The van der Waals surface area contributed by atoms with Gasteiger partial charge in [0.25, 0.3) is 5.91 Å². The maximum Gasteiger partial charge on any atom is 0.254 e. The van der Waals surface area contributed by atoms with Gasteiger partial charge in [0.2, 0.25) is 11.8 Å². The Bertz CT molecular complexity index is 689. The highest BCUT2D eigenvalue weighted by molar-refractivity contribution is 5.96. The summed E-state index contributed by atoms with van der Waals surface area (Å²) in [7, 11) is 0. The van der Waals surface area contributed by atoms with Gasteiger partial charge in [-0.2, -0.15) is 0 Å². The number of carbonyl (C=O) groups is 2. The zero-order valence-corrected chi connectivity index (χ0v) is 13.9. The van der Waals surface area contributed by atoms with Gasteiger partial charge in [-0.05, 0) is 32.0 Å². The van der Waals surface area contributed by atoms with Gasteiger partial charge in [0.1, 0.15) is 5.75 Å². The van der Waals surface area contributed by atoms with Crippen LogP contribution in [0.5, 0.6) is 11.6 Å². The van der Waals surface area contributed by atoms with Gasteiger partial charge in [-0.3, -0.25) is 9.59 Å². The lowest BCUT2D eigenvalue weighted by Gasteiger charge is -2.20. The molecule has 0 atom stereocenters. The first-order valence-electron chi connectivity index (χ1n) is 7.89. The van der Waals surface area contributed by atoms with Crippen LogP contribution in [0, 0.1) is 0 Å². The average molecular weight is 327 g/mol. The molecule has 0 aliphatic heterocycles. The van der Waals surface area contributed by atoms with Gasteiger partial charge in [0.05, 0.1) is 6.54 Å². The molecule has 6 heteroatoms. The fraction of sp³-hybridized carbons (Fsp3) is 0.278. The minimum Gasteiger partial charge on any atom is -0.439 e. The first-order valence-corrected chi connectivity index (χ1v) is 7.89. The molecule has 6 nitrogen and oxygen atoms in total. The summed E-state index contributed by atoms with van der Waals surface area (Å²) in [6.45, 7) is 4.67. The molecule has 0 fully saturated rings. The largest absolute Gasteiger partial charge is 0.439 e. The van der Waals surface area contributed by atoms with Crippen LogP contribution in [-0.4, -0.2) is 41.3 Å². The van der Waals surface area contributed by atoms with Crippen molar-refractivity contribution in [2.75, 3.05) is 19.6 Å². The van der Waals surface area contributed by atoms with E-state index in [1.165, 1.54) is 11.1 Å². The number of benzene rings is 1. The van der Waals surface area contributed by atoms with E-state index in [0.29, 0.717) is 30.3 Å². The predicted molar refractivity (Wildman–Crippen MR) is 91.0 cm³/mol. The Labute approximate surface area is 141 Å². The molecule has 2 rings (SSSR count). The smallest absolute Gasteiger partial charge is 0.254 e. The predicted octanol–water partition coefficient (Wildman–Crippen LogP) is 2.47. The van der Waals surface area contributed by atoms with Crippen LogP contribution >= 0.6 is 0 Å². The Morgan fingerprint density at radius 1 is 1.17 bits per heavy atom. The Morgan fingerprint density at radius 2 is 1.92 bits per heavy atom. The van der Waals surface area contributed by atoms with Crippen molar-refractivity contribution in [3.05, 3.63) is 54.2 Å². The number of nitrogens with one attached hydrogen (secondary N) is 1. The van der Waals surface area contributed by atoms with E-state index in [-0.39, 0.29) is 18.4 Å². The second kappa shape index (κ2) is 8.67. The highest BCUT2D eigenvalue weighted by Crippen LogP contribution is 2.20. The summed E-state index contributed by atoms with van der Waals surface area (Å²) >= 11 is 0. The molecule has 24 heavy (non-hydrogen) atoms. The third-order valence-electron chi connectivity index (χ3n) is 3.32. The third kappa shape index (κ3) is 4.81. The van der Waals surface area contributed by atoms with Crippen LogP contribution in [0.2, 0.25) is 0 Å². The molecular formula is C18H21N3O3. The van der Waals surface area contributed by atoms with Crippen LogP contribution in [0.4, 0.5) is 0 Å². The van der Waals surface area contributed by atoms with Crippen LogP contribution in [0.1, 0.15) is 24.2 Å².